The molecule has 1 atom stereocenters. The third-order valence-corrected chi connectivity index (χ3v) is 3.02. The summed E-state index contributed by atoms with van der Waals surface area (Å²) in [6, 6.07) is 9.69. The van der Waals surface area contributed by atoms with Crippen molar-refractivity contribution in [3.63, 3.8) is 0 Å². The second kappa shape index (κ2) is 5.71. The Labute approximate surface area is 103 Å². The number of benzene rings is 1. The zero-order valence-corrected chi connectivity index (χ0v) is 10.6. The highest BCUT2D eigenvalue weighted by atomic mass is 16.5. The lowest BCUT2D eigenvalue weighted by Gasteiger charge is -2.14. The summed E-state index contributed by atoms with van der Waals surface area (Å²) in [5.74, 6) is 0. The Hall–Kier alpha value is -1.51. The molecular formula is C14H20N2O. The lowest BCUT2D eigenvalue weighted by Crippen LogP contribution is -2.27. The van der Waals surface area contributed by atoms with Crippen molar-refractivity contribution in [2.45, 2.75) is 32.7 Å². The van der Waals surface area contributed by atoms with E-state index < -0.39 is 0 Å². The summed E-state index contributed by atoms with van der Waals surface area (Å²) in [4.78, 5) is 4.26. The average Bonchev–Trinajstić information content (AvgIpc) is 3.03. The fraction of sp³-hybridized carbons (Fsp3) is 0.500. The largest absolute Gasteiger partial charge is 0.463 e. The minimum atomic E-state index is 0.387. The third kappa shape index (κ3) is 2.60. The fourth-order valence-corrected chi connectivity index (χ4v) is 2.28. The molecule has 0 bridgehead atoms. The molecule has 1 aliphatic heterocycles. The highest BCUT2D eigenvalue weighted by molar-refractivity contribution is 5.75. The summed E-state index contributed by atoms with van der Waals surface area (Å²) in [6.45, 7) is 5.51. The molecule has 3 heteroatoms. The van der Waals surface area contributed by atoms with Crippen molar-refractivity contribution in [2.24, 2.45) is 4.99 Å². The van der Waals surface area contributed by atoms with Crippen molar-refractivity contribution < 1.29 is 4.74 Å². The zero-order chi connectivity index (χ0) is 12.1. The number of rotatable bonds is 1. The predicted molar refractivity (Wildman–Crippen MR) is 70.2 cm³/mol. The van der Waals surface area contributed by atoms with Gasteiger partial charge in [-0.15, -0.1) is 0 Å². The van der Waals surface area contributed by atoms with Crippen LogP contribution in [0.15, 0.2) is 29.3 Å². The van der Waals surface area contributed by atoms with Gasteiger partial charge in [0.05, 0.1) is 12.6 Å². The van der Waals surface area contributed by atoms with Crippen LogP contribution >= 0.6 is 0 Å². The minimum Gasteiger partial charge on any atom is -0.463 e. The number of hydrogen-bond donors (Lipinski definition) is 1. The van der Waals surface area contributed by atoms with Gasteiger partial charge in [0.1, 0.15) is 6.61 Å². The van der Waals surface area contributed by atoms with Crippen molar-refractivity contribution in [3.05, 3.63) is 35.4 Å². The molecule has 2 aliphatic rings. The fourth-order valence-electron chi connectivity index (χ4n) is 2.28. The molecule has 1 heterocycles. The van der Waals surface area contributed by atoms with Crippen molar-refractivity contribution >= 4 is 6.02 Å². The highest BCUT2D eigenvalue weighted by Gasteiger charge is 2.23. The van der Waals surface area contributed by atoms with Crippen molar-refractivity contribution in [2.75, 3.05) is 13.2 Å². The van der Waals surface area contributed by atoms with Gasteiger partial charge in [-0.25, -0.2) is 4.99 Å². The predicted octanol–water partition coefficient (Wildman–Crippen LogP) is 2.68. The number of aliphatic imine (C=N–C) groups is 1. The molecule has 1 aromatic carbocycles. The van der Waals surface area contributed by atoms with Gasteiger partial charge in [0.2, 0.25) is 0 Å². The van der Waals surface area contributed by atoms with E-state index >= 15 is 0 Å². The summed E-state index contributed by atoms with van der Waals surface area (Å²) in [5, 5.41) is 3.36. The molecule has 0 amide bonds. The van der Waals surface area contributed by atoms with Crippen LogP contribution in [0.3, 0.4) is 0 Å². The third-order valence-electron chi connectivity index (χ3n) is 3.02. The average molecular weight is 232 g/mol. The van der Waals surface area contributed by atoms with Crippen LogP contribution in [0.2, 0.25) is 0 Å². The van der Waals surface area contributed by atoms with E-state index in [9.17, 15) is 0 Å². The van der Waals surface area contributed by atoms with E-state index in [-0.39, 0.29) is 0 Å². The topological polar surface area (TPSA) is 33.6 Å². The Kier molecular flexibility index (Phi) is 4.02. The minimum absolute atomic E-state index is 0.387. The van der Waals surface area contributed by atoms with Crippen LogP contribution in [0, 0.1) is 0 Å². The van der Waals surface area contributed by atoms with Crippen LogP contribution in [-0.4, -0.2) is 19.2 Å². The Morgan fingerprint density at radius 1 is 1.29 bits per heavy atom. The number of fused-ring (bicyclic) bond motifs is 1. The van der Waals surface area contributed by atoms with Crippen LogP contribution in [0.1, 0.15) is 37.4 Å². The van der Waals surface area contributed by atoms with Gasteiger partial charge in [-0.3, -0.25) is 0 Å². The van der Waals surface area contributed by atoms with Crippen LogP contribution in [0.25, 0.3) is 0 Å². The van der Waals surface area contributed by atoms with Gasteiger partial charge in [0, 0.05) is 0 Å². The maximum absolute atomic E-state index is 5.37. The van der Waals surface area contributed by atoms with Crippen LogP contribution in [0.5, 0.6) is 0 Å². The Morgan fingerprint density at radius 3 is 2.88 bits per heavy atom. The van der Waals surface area contributed by atoms with E-state index in [1.807, 2.05) is 13.8 Å². The highest BCUT2D eigenvalue weighted by Crippen LogP contribution is 2.30. The molecule has 0 saturated heterocycles. The molecule has 3 rings (SSSR count). The first kappa shape index (κ1) is 12.0. The molecule has 3 nitrogen and oxygen atoms in total. The normalized spacial score (nSPS) is 20.8. The van der Waals surface area contributed by atoms with Gasteiger partial charge in [0.25, 0.3) is 6.02 Å². The Morgan fingerprint density at radius 2 is 2.12 bits per heavy atom. The molecule has 1 aliphatic carbocycles. The van der Waals surface area contributed by atoms with E-state index in [1.165, 1.54) is 11.1 Å². The zero-order valence-electron chi connectivity index (χ0n) is 10.6. The van der Waals surface area contributed by atoms with Crippen LogP contribution in [0.4, 0.5) is 0 Å². The Balaban J connectivity index is 0.000000514. The summed E-state index contributed by atoms with van der Waals surface area (Å²) < 4.78 is 5.37. The number of nitrogens with one attached hydrogen (secondary N) is 1. The first-order valence-corrected chi connectivity index (χ1v) is 6.45. The summed E-state index contributed by atoms with van der Waals surface area (Å²) in [5.41, 5.74) is 2.85. The number of aryl methyl sites for hydroxylation is 1. The van der Waals surface area contributed by atoms with Crippen LogP contribution < -0.4 is 5.32 Å². The van der Waals surface area contributed by atoms with Gasteiger partial charge in [-0.1, -0.05) is 38.1 Å². The molecule has 0 spiro atoms. The number of amidine groups is 1. The lowest BCUT2D eigenvalue weighted by atomic mass is 10.1. The smallest absolute Gasteiger partial charge is 0.285 e. The van der Waals surface area contributed by atoms with Gasteiger partial charge in [-0.05, 0) is 24.0 Å². The van der Waals surface area contributed by atoms with Crippen LogP contribution in [-0.2, 0) is 11.2 Å². The van der Waals surface area contributed by atoms with Gasteiger partial charge >= 0.3 is 0 Å². The number of hydrogen-bond acceptors (Lipinski definition) is 3. The van der Waals surface area contributed by atoms with Crippen molar-refractivity contribution in [1.82, 2.24) is 5.32 Å². The second-order valence-electron chi connectivity index (χ2n) is 3.97. The molecule has 1 unspecified atom stereocenters. The maximum atomic E-state index is 5.37. The van der Waals surface area contributed by atoms with E-state index in [4.69, 9.17) is 4.74 Å². The maximum Gasteiger partial charge on any atom is 0.285 e. The Bertz CT molecular complexity index is 401. The summed E-state index contributed by atoms with van der Waals surface area (Å²) >= 11 is 0. The van der Waals surface area contributed by atoms with E-state index in [0.29, 0.717) is 6.04 Å². The molecule has 0 aromatic heterocycles. The molecule has 0 fully saturated rings. The molecule has 0 radical (unpaired) electrons. The first-order valence-electron chi connectivity index (χ1n) is 6.45. The molecule has 92 valence electrons. The number of ether oxygens (including phenoxy) is 1. The lowest BCUT2D eigenvalue weighted by molar-refractivity contribution is 0.325. The monoisotopic (exact) mass is 232 g/mol. The summed E-state index contributed by atoms with van der Waals surface area (Å²) in [7, 11) is 0. The quantitative estimate of drug-likeness (QED) is 0.807. The molecule has 1 aromatic rings. The van der Waals surface area contributed by atoms with E-state index in [2.05, 4.69) is 34.6 Å². The molecular weight excluding hydrogens is 212 g/mol. The second-order valence-corrected chi connectivity index (χ2v) is 3.97. The SMILES string of the molecule is CC.c1ccc2c(c1)CCC2NC1=NCCO1. The van der Waals surface area contributed by atoms with Gasteiger partial charge in [-0.2, -0.15) is 0 Å². The van der Waals surface area contributed by atoms with Crippen molar-refractivity contribution in [3.8, 4) is 0 Å². The summed E-state index contributed by atoms with van der Waals surface area (Å²) in [6.07, 6.45) is 2.29. The standard InChI is InChI=1S/C12H14N2O.C2H6/c1-2-4-10-9(3-1)5-6-11(10)14-12-13-7-8-15-12;1-2/h1-4,11H,5-8H2,(H,13,14);1-2H3. The van der Waals surface area contributed by atoms with E-state index in [0.717, 1.165) is 32.0 Å². The van der Waals surface area contributed by atoms with Gasteiger partial charge < -0.3 is 10.1 Å². The molecule has 1 N–H and O–H groups in total. The molecule has 0 saturated carbocycles. The van der Waals surface area contributed by atoms with Gasteiger partial charge in [0.15, 0.2) is 0 Å². The van der Waals surface area contributed by atoms with Crippen molar-refractivity contribution in [1.29, 1.82) is 0 Å². The van der Waals surface area contributed by atoms with E-state index in [1.54, 1.807) is 0 Å². The first-order chi connectivity index (χ1) is 8.43. The molecule has 17 heavy (non-hydrogen) atoms. The number of nitrogens with zero attached hydrogens (tertiary/aromatic N) is 1.